The third-order valence-electron chi connectivity index (χ3n) is 8.98. The van der Waals surface area contributed by atoms with Crippen LogP contribution in [0, 0.1) is 5.92 Å². The average Bonchev–Trinajstić information content (AvgIpc) is 3.28. The zero-order valence-electron chi connectivity index (χ0n) is 25.4. The van der Waals surface area contributed by atoms with E-state index in [0.29, 0.717) is 58.0 Å². The van der Waals surface area contributed by atoms with Crippen molar-refractivity contribution in [2.45, 2.75) is 102 Å². The van der Waals surface area contributed by atoms with Crippen LogP contribution in [0.2, 0.25) is 0 Å². The summed E-state index contributed by atoms with van der Waals surface area (Å²) >= 11 is 0. The number of amides is 1. The minimum absolute atomic E-state index is 0.0159. The maximum atomic E-state index is 14.3. The van der Waals surface area contributed by atoms with Crippen molar-refractivity contribution in [3.8, 4) is 11.1 Å². The highest BCUT2D eigenvalue weighted by atomic mass is 31.2. The van der Waals surface area contributed by atoms with E-state index in [1.54, 1.807) is 0 Å². The van der Waals surface area contributed by atoms with E-state index in [-0.39, 0.29) is 11.8 Å². The minimum Gasteiger partial charge on any atom is -0.390 e. The molecule has 7 nitrogen and oxygen atoms in total. The molecule has 0 radical (unpaired) electrons. The van der Waals surface area contributed by atoms with E-state index in [9.17, 15) is 19.6 Å². The Morgan fingerprint density at radius 3 is 2.05 bits per heavy atom. The number of unbranched alkanes of at least 4 members (excludes halogenated alkanes) is 3. The topological polar surface area (TPSA) is 105 Å². The van der Waals surface area contributed by atoms with Gasteiger partial charge >= 0.3 is 7.60 Å². The Morgan fingerprint density at radius 1 is 0.881 bits per heavy atom. The van der Waals surface area contributed by atoms with Gasteiger partial charge in [-0.3, -0.25) is 9.36 Å². The first-order valence-corrected chi connectivity index (χ1v) is 17.8. The Hall–Kier alpha value is -2.02. The van der Waals surface area contributed by atoms with Crippen LogP contribution in [-0.2, 0) is 23.8 Å². The van der Waals surface area contributed by atoms with Crippen LogP contribution in [0.15, 0.2) is 48.5 Å². The van der Waals surface area contributed by atoms with Gasteiger partial charge in [0.25, 0.3) is 0 Å². The van der Waals surface area contributed by atoms with Crippen LogP contribution in [0.5, 0.6) is 0 Å². The summed E-state index contributed by atoms with van der Waals surface area (Å²) in [6.45, 7) is 5.55. The van der Waals surface area contributed by atoms with Crippen molar-refractivity contribution in [1.82, 2.24) is 5.32 Å². The Balaban J connectivity index is 1.49. The smallest absolute Gasteiger partial charge is 0.330 e. The standard InChI is InChI=1S/C34H50NO6P/c1-3-5-22-40-42(39,41-23-6-4-2)24-12-11-20-34(33(38)35-21-19-26-17-18-31(36)32(37)25-26)29-15-9-7-13-27(29)28-14-8-10-16-30(28)34/h7-10,13-16,26,31-32,36-37H,3-6,11-12,17-25H2,1-2H3,(H,35,38). The molecule has 0 heterocycles. The molecule has 0 spiro atoms. The minimum atomic E-state index is -3.20. The quantitative estimate of drug-likeness (QED) is 0.134. The van der Waals surface area contributed by atoms with Crippen molar-refractivity contribution < 1.29 is 28.6 Å². The lowest BCUT2D eigenvalue weighted by molar-refractivity contribution is -0.125. The summed E-state index contributed by atoms with van der Waals surface area (Å²) in [5.41, 5.74) is 3.36. The highest BCUT2D eigenvalue weighted by Gasteiger charge is 2.48. The molecule has 1 saturated carbocycles. The van der Waals surface area contributed by atoms with E-state index < -0.39 is 25.2 Å². The molecule has 3 N–H and O–H groups in total. The highest BCUT2D eigenvalue weighted by Crippen LogP contribution is 2.53. The van der Waals surface area contributed by atoms with Crippen molar-refractivity contribution >= 4 is 13.5 Å². The van der Waals surface area contributed by atoms with Crippen LogP contribution in [0.3, 0.4) is 0 Å². The van der Waals surface area contributed by atoms with Gasteiger partial charge in [0.1, 0.15) is 5.41 Å². The number of fused-ring (bicyclic) bond motifs is 3. The largest absolute Gasteiger partial charge is 0.390 e. The van der Waals surface area contributed by atoms with Crippen LogP contribution < -0.4 is 5.32 Å². The Morgan fingerprint density at radius 2 is 1.48 bits per heavy atom. The van der Waals surface area contributed by atoms with E-state index in [4.69, 9.17) is 9.05 Å². The molecule has 3 unspecified atom stereocenters. The molecule has 2 aliphatic rings. The van der Waals surface area contributed by atoms with E-state index in [1.807, 2.05) is 24.3 Å². The predicted molar refractivity (Wildman–Crippen MR) is 168 cm³/mol. The zero-order chi connectivity index (χ0) is 30.0. The monoisotopic (exact) mass is 599 g/mol. The molecule has 2 aromatic carbocycles. The van der Waals surface area contributed by atoms with Gasteiger partial charge in [0, 0.05) is 6.54 Å². The first-order valence-electron chi connectivity index (χ1n) is 16.1. The summed E-state index contributed by atoms with van der Waals surface area (Å²) in [7, 11) is -3.20. The number of rotatable bonds is 17. The number of benzene rings is 2. The van der Waals surface area contributed by atoms with Gasteiger partial charge in [-0.1, -0.05) is 81.6 Å². The lowest BCUT2D eigenvalue weighted by atomic mass is 9.73. The average molecular weight is 600 g/mol. The van der Waals surface area contributed by atoms with Gasteiger partial charge in [-0.15, -0.1) is 0 Å². The predicted octanol–water partition coefficient (Wildman–Crippen LogP) is 6.98. The number of carbonyl (C=O) groups is 1. The first kappa shape index (κ1) is 32.9. The molecule has 0 bridgehead atoms. The summed E-state index contributed by atoms with van der Waals surface area (Å²) in [5.74, 6) is 0.259. The Bertz CT molecular complexity index is 1140. The maximum Gasteiger partial charge on any atom is 0.330 e. The number of hydrogen-bond acceptors (Lipinski definition) is 6. The van der Waals surface area contributed by atoms with Crippen LogP contribution >= 0.6 is 7.60 Å². The fourth-order valence-electron chi connectivity index (χ4n) is 6.53. The van der Waals surface area contributed by atoms with Crippen molar-refractivity contribution in [2.24, 2.45) is 5.92 Å². The molecule has 232 valence electrons. The normalized spacial score (nSPS) is 21.1. The molecule has 0 aromatic heterocycles. The third kappa shape index (κ3) is 7.73. The number of nitrogens with one attached hydrogen (secondary N) is 1. The zero-order valence-corrected chi connectivity index (χ0v) is 26.3. The molecular formula is C34H50NO6P. The van der Waals surface area contributed by atoms with Gasteiger partial charge in [0.15, 0.2) is 0 Å². The second-order valence-corrected chi connectivity index (χ2v) is 14.2. The molecule has 2 aliphatic carbocycles. The maximum absolute atomic E-state index is 14.3. The number of carbonyl (C=O) groups excluding carboxylic acids is 1. The van der Waals surface area contributed by atoms with Crippen molar-refractivity contribution in [3.63, 3.8) is 0 Å². The molecule has 1 amide bonds. The van der Waals surface area contributed by atoms with E-state index >= 15 is 0 Å². The number of aliphatic hydroxyl groups excluding tert-OH is 2. The number of aliphatic hydroxyl groups is 2. The van der Waals surface area contributed by atoms with Gasteiger partial charge in [0.05, 0.1) is 31.6 Å². The van der Waals surface area contributed by atoms with Gasteiger partial charge in [-0.2, -0.15) is 0 Å². The number of hydrogen-bond donors (Lipinski definition) is 3. The molecule has 4 rings (SSSR count). The van der Waals surface area contributed by atoms with Gasteiger partial charge in [-0.05, 0) is 79.5 Å². The summed E-state index contributed by atoms with van der Waals surface area (Å²) in [6.07, 6.45) is 7.34. The molecule has 1 fully saturated rings. The lowest BCUT2D eigenvalue weighted by Gasteiger charge is -2.32. The first-order chi connectivity index (χ1) is 20.3. The van der Waals surface area contributed by atoms with E-state index in [0.717, 1.165) is 60.8 Å². The molecular weight excluding hydrogens is 549 g/mol. The molecule has 2 aromatic rings. The second-order valence-electron chi connectivity index (χ2n) is 12.0. The van der Waals surface area contributed by atoms with Crippen LogP contribution in [0.25, 0.3) is 11.1 Å². The molecule has 0 saturated heterocycles. The van der Waals surface area contributed by atoms with Gasteiger partial charge in [0.2, 0.25) is 5.91 Å². The fraction of sp³-hybridized carbons (Fsp3) is 0.618. The SMILES string of the molecule is CCCCOP(=O)(CCCCC1(C(=O)NCCC2CCC(O)C(O)C2)c2ccccc2-c2ccccc21)OCCCC. The van der Waals surface area contributed by atoms with E-state index in [2.05, 4.69) is 43.4 Å². The molecule has 42 heavy (non-hydrogen) atoms. The summed E-state index contributed by atoms with van der Waals surface area (Å²) in [5, 5.41) is 23.3. The molecule has 8 heteroatoms. The molecule has 0 aliphatic heterocycles. The van der Waals surface area contributed by atoms with Crippen molar-refractivity contribution in [2.75, 3.05) is 25.9 Å². The van der Waals surface area contributed by atoms with Crippen LogP contribution in [0.1, 0.15) is 95.6 Å². The lowest BCUT2D eigenvalue weighted by Crippen LogP contribution is -2.45. The van der Waals surface area contributed by atoms with Crippen LogP contribution in [-0.4, -0.2) is 54.2 Å². The second kappa shape index (κ2) is 15.6. The van der Waals surface area contributed by atoms with Crippen molar-refractivity contribution in [3.05, 3.63) is 59.7 Å². The summed E-state index contributed by atoms with van der Waals surface area (Å²) in [4.78, 5) is 14.3. The summed E-state index contributed by atoms with van der Waals surface area (Å²) in [6, 6.07) is 16.4. The van der Waals surface area contributed by atoms with E-state index in [1.165, 1.54) is 0 Å². The van der Waals surface area contributed by atoms with Gasteiger partial charge < -0.3 is 24.6 Å². The third-order valence-corrected chi connectivity index (χ3v) is 11.0. The Kier molecular flexibility index (Phi) is 12.2. The summed E-state index contributed by atoms with van der Waals surface area (Å²) < 4.78 is 25.2. The highest BCUT2D eigenvalue weighted by molar-refractivity contribution is 7.53. The Labute approximate surface area is 251 Å². The molecule has 3 atom stereocenters. The van der Waals surface area contributed by atoms with Crippen LogP contribution in [0.4, 0.5) is 0 Å². The van der Waals surface area contributed by atoms with Crippen molar-refractivity contribution in [1.29, 1.82) is 0 Å². The fourth-order valence-corrected chi connectivity index (χ4v) is 8.29. The van der Waals surface area contributed by atoms with Gasteiger partial charge in [-0.25, -0.2) is 0 Å².